The number of benzene rings is 1. The normalized spacial score (nSPS) is 10.4. The Morgan fingerprint density at radius 2 is 2.15 bits per heavy atom. The molecule has 0 radical (unpaired) electrons. The molecule has 0 fully saturated rings. The van der Waals surface area contributed by atoms with E-state index in [1.54, 1.807) is 23.1 Å². The minimum Gasteiger partial charge on any atom is -0.496 e. The zero-order valence-electron chi connectivity index (χ0n) is 11.9. The van der Waals surface area contributed by atoms with E-state index < -0.39 is 0 Å². The third-order valence-electron chi connectivity index (χ3n) is 2.88. The van der Waals surface area contributed by atoms with Gasteiger partial charge in [0.25, 0.3) is 5.91 Å². The second-order valence-electron chi connectivity index (χ2n) is 4.65. The lowest BCUT2D eigenvalue weighted by Crippen LogP contribution is -2.39. The molecule has 4 nitrogen and oxygen atoms in total. The number of methoxy groups -OCH3 is 1. The lowest BCUT2D eigenvalue weighted by molar-refractivity contribution is 0.0708. The predicted molar refractivity (Wildman–Crippen MR) is 85.6 cm³/mol. The average molecular weight is 315 g/mol. The smallest absolute Gasteiger partial charge is 0.257 e. The van der Waals surface area contributed by atoms with Gasteiger partial charge in [0.05, 0.1) is 17.7 Å². The fraction of sp³-hybridized carbons (Fsp3) is 0.429. The first-order chi connectivity index (χ1) is 9.36. The summed E-state index contributed by atoms with van der Waals surface area (Å²) in [5, 5.41) is 0.526. The van der Waals surface area contributed by atoms with Crippen LogP contribution >= 0.6 is 23.8 Å². The molecule has 6 heteroatoms. The summed E-state index contributed by atoms with van der Waals surface area (Å²) in [5.41, 5.74) is 5.99. The average Bonchev–Trinajstić information content (AvgIpc) is 2.37. The Balaban J connectivity index is 3.03. The van der Waals surface area contributed by atoms with Gasteiger partial charge in [0.2, 0.25) is 0 Å². The molecule has 0 saturated carbocycles. The van der Waals surface area contributed by atoms with Crippen LogP contribution in [0.15, 0.2) is 18.2 Å². The van der Waals surface area contributed by atoms with Crippen molar-refractivity contribution in [3.05, 3.63) is 28.8 Å². The Bertz CT molecular complexity index is 506. The summed E-state index contributed by atoms with van der Waals surface area (Å²) in [6.45, 7) is 4.37. The van der Waals surface area contributed by atoms with Crippen molar-refractivity contribution in [3.8, 4) is 5.75 Å². The van der Waals surface area contributed by atoms with E-state index in [1.165, 1.54) is 7.11 Å². The fourth-order valence-electron chi connectivity index (χ4n) is 1.82. The highest BCUT2D eigenvalue weighted by molar-refractivity contribution is 7.80. The molecule has 0 bridgehead atoms. The summed E-state index contributed by atoms with van der Waals surface area (Å²) in [6, 6.07) is 5.00. The van der Waals surface area contributed by atoms with E-state index in [9.17, 15) is 4.79 Å². The molecule has 0 aliphatic carbocycles. The lowest BCUT2D eigenvalue weighted by atomic mass is 10.1. The number of carbonyl (C=O) groups excluding carboxylic acids is 1. The number of rotatable bonds is 6. The first kappa shape index (κ1) is 16.7. The fourth-order valence-corrected chi connectivity index (χ4v) is 2.07. The molecule has 1 rings (SSSR count). The number of carbonyl (C=O) groups is 1. The third-order valence-corrected chi connectivity index (χ3v) is 3.32. The number of amides is 1. The number of hydrogen-bond acceptors (Lipinski definition) is 3. The maximum atomic E-state index is 12.6. The summed E-state index contributed by atoms with van der Waals surface area (Å²) in [5.74, 6) is 0.341. The predicted octanol–water partition coefficient (Wildman–Crippen LogP) is 2.88. The molecule has 0 saturated heterocycles. The van der Waals surface area contributed by atoms with Crippen molar-refractivity contribution in [2.45, 2.75) is 26.3 Å². The molecule has 1 aromatic carbocycles. The van der Waals surface area contributed by atoms with Crippen molar-refractivity contribution in [3.63, 3.8) is 0 Å². The molecule has 0 atom stereocenters. The van der Waals surface area contributed by atoms with Crippen LogP contribution in [0.4, 0.5) is 0 Å². The molecule has 0 aromatic heterocycles. The van der Waals surface area contributed by atoms with Crippen molar-refractivity contribution in [2.24, 2.45) is 5.73 Å². The molecule has 0 aliphatic heterocycles. The Morgan fingerprint density at radius 1 is 1.50 bits per heavy atom. The lowest BCUT2D eigenvalue weighted by Gasteiger charge is -2.27. The zero-order valence-corrected chi connectivity index (χ0v) is 13.4. The van der Waals surface area contributed by atoms with Crippen molar-refractivity contribution < 1.29 is 9.53 Å². The van der Waals surface area contributed by atoms with Crippen molar-refractivity contribution in [1.82, 2.24) is 4.90 Å². The molecular formula is C14H19ClN2O2S. The van der Waals surface area contributed by atoms with Gasteiger partial charge in [-0.05, 0) is 32.0 Å². The van der Waals surface area contributed by atoms with Crippen LogP contribution in [0.25, 0.3) is 0 Å². The summed E-state index contributed by atoms with van der Waals surface area (Å²) in [4.78, 5) is 14.7. The van der Waals surface area contributed by atoms with Gasteiger partial charge in [-0.15, -0.1) is 0 Å². The third kappa shape index (κ3) is 4.35. The van der Waals surface area contributed by atoms with Gasteiger partial charge in [-0.2, -0.15) is 0 Å². The molecule has 110 valence electrons. The van der Waals surface area contributed by atoms with Gasteiger partial charge >= 0.3 is 0 Å². The number of hydrogen-bond donors (Lipinski definition) is 1. The van der Waals surface area contributed by atoms with E-state index in [1.807, 2.05) is 13.8 Å². The maximum Gasteiger partial charge on any atom is 0.257 e. The number of nitrogens with zero attached hydrogens (tertiary/aromatic N) is 1. The van der Waals surface area contributed by atoms with Crippen LogP contribution in [0.5, 0.6) is 5.75 Å². The number of ether oxygens (including phenoxy) is 1. The van der Waals surface area contributed by atoms with Gasteiger partial charge in [-0.1, -0.05) is 23.8 Å². The first-order valence-electron chi connectivity index (χ1n) is 6.29. The monoisotopic (exact) mass is 314 g/mol. The molecular weight excluding hydrogens is 296 g/mol. The molecule has 1 amide bonds. The second kappa shape index (κ2) is 7.45. The maximum absolute atomic E-state index is 12.6. The van der Waals surface area contributed by atoms with Gasteiger partial charge in [0.15, 0.2) is 0 Å². The van der Waals surface area contributed by atoms with E-state index in [-0.39, 0.29) is 11.9 Å². The quantitative estimate of drug-likeness (QED) is 0.820. The standard InChI is InChI=1S/C14H19ClN2O2S/c1-9(2)17(7-6-13(16)20)14(18)11-5-4-10(15)8-12(11)19-3/h4-5,8-9H,6-7H2,1-3H3,(H2,16,20). The van der Waals surface area contributed by atoms with E-state index in [2.05, 4.69) is 0 Å². The SMILES string of the molecule is COc1cc(Cl)ccc1C(=O)N(CCC(N)=S)C(C)C. The van der Waals surface area contributed by atoms with Gasteiger partial charge in [0, 0.05) is 24.0 Å². The topological polar surface area (TPSA) is 55.6 Å². The highest BCUT2D eigenvalue weighted by atomic mass is 35.5. The largest absolute Gasteiger partial charge is 0.496 e. The summed E-state index contributed by atoms with van der Waals surface area (Å²) < 4.78 is 5.22. The number of halogens is 1. The molecule has 2 N–H and O–H groups in total. The highest BCUT2D eigenvalue weighted by Gasteiger charge is 2.22. The van der Waals surface area contributed by atoms with Crippen molar-refractivity contribution in [1.29, 1.82) is 0 Å². The minimum atomic E-state index is -0.121. The van der Waals surface area contributed by atoms with Crippen LogP contribution in [0.3, 0.4) is 0 Å². The van der Waals surface area contributed by atoms with Crippen LogP contribution in [-0.2, 0) is 0 Å². The van der Waals surface area contributed by atoms with Gasteiger partial charge in [0.1, 0.15) is 5.75 Å². The van der Waals surface area contributed by atoms with Gasteiger partial charge < -0.3 is 15.4 Å². The summed E-state index contributed by atoms with van der Waals surface area (Å²) in [6.07, 6.45) is 0.495. The highest BCUT2D eigenvalue weighted by Crippen LogP contribution is 2.25. The molecule has 20 heavy (non-hydrogen) atoms. The number of thiocarbonyl (C=S) groups is 1. The Labute approximate surface area is 129 Å². The van der Waals surface area contributed by atoms with Gasteiger partial charge in [-0.3, -0.25) is 4.79 Å². The zero-order chi connectivity index (χ0) is 15.3. The van der Waals surface area contributed by atoms with Crippen LogP contribution < -0.4 is 10.5 Å². The van der Waals surface area contributed by atoms with Gasteiger partial charge in [-0.25, -0.2) is 0 Å². The van der Waals surface area contributed by atoms with Crippen LogP contribution in [0, 0.1) is 0 Å². The van der Waals surface area contributed by atoms with Crippen LogP contribution in [-0.4, -0.2) is 35.5 Å². The van der Waals surface area contributed by atoms with Crippen LogP contribution in [0.1, 0.15) is 30.6 Å². The van der Waals surface area contributed by atoms with E-state index >= 15 is 0 Å². The molecule has 0 spiro atoms. The van der Waals surface area contributed by atoms with E-state index in [0.29, 0.717) is 34.3 Å². The molecule has 0 heterocycles. The first-order valence-corrected chi connectivity index (χ1v) is 7.08. The van der Waals surface area contributed by atoms with E-state index in [4.69, 9.17) is 34.3 Å². The molecule has 1 aromatic rings. The Morgan fingerprint density at radius 3 is 2.65 bits per heavy atom. The minimum absolute atomic E-state index is 0.0391. The Hall–Kier alpha value is -1.33. The van der Waals surface area contributed by atoms with E-state index in [0.717, 1.165) is 0 Å². The summed E-state index contributed by atoms with van der Waals surface area (Å²) in [7, 11) is 1.51. The molecule has 0 aliphatic rings. The van der Waals surface area contributed by atoms with Crippen molar-refractivity contribution in [2.75, 3.05) is 13.7 Å². The van der Waals surface area contributed by atoms with Crippen molar-refractivity contribution >= 4 is 34.7 Å². The number of nitrogens with two attached hydrogens (primary N) is 1. The second-order valence-corrected chi connectivity index (χ2v) is 5.61. The Kier molecular flexibility index (Phi) is 6.23. The van der Waals surface area contributed by atoms with Crippen LogP contribution in [0.2, 0.25) is 5.02 Å². The molecule has 0 unspecified atom stereocenters. The summed E-state index contributed by atoms with van der Waals surface area (Å²) >= 11 is 10.8.